The molecule has 4 rings (SSSR count). The Morgan fingerprint density at radius 1 is 1.07 bits per heavy atom. The van der Waals surface area contributed by atoms with Crippen molar-refractivity contribution in [3.63, 3.8) is 0 Å². The molecule has 0 spiro atoms. The van der Waals surface area contributed by atoms with Crippen molar-refractivity contribution in [2.24, 2.45) is 0 Å². The molecule has 1 N–H and O–H groups in total. The highest BCUT2D eigenvalue weighted by Crippen LogP contribution is 2.48. The first kappa shape index (κ1) is 20.1. The Morgan fingerprint density at radius 2 is 1.77 bits per heavy atom. The number of nitrogens with zero attached hydrogens (tertiary/aromatic N) is 1. The SMILES string of the molecule is COc1ccc([C@H]2CC[C@](C(=O)N[C@H](C)c3ccccc3)(c3ccccc3)C2)cn1. The van der Waals surface area contributed by atoms with E-state index in [1.165, 1.54) is 0 Å². The largest absolute Gasteiger partial charge is 0.481 e. The summed E-state index contributed by atoms with van der Waals surface area (Å²) >= 11 is 0. The Labute approximate surface area is 178 Å². The van der Waals surface area contributed by atoms with Gasteiger partial charge in [-0.05, 0) is 48.8 Å². The summed E-state index contributed by atoms with van der Waals surface area (Å²) in [4.78, 5) is 18.1. The van der Waals surface area contributed by atoms with E-state index in [9.17, 15) is 4.79 Å². The fraction of sp³-hybridized carbons (Fsp3) is 0.308. The van der Waals surface area contributed by atoms with E-state index in [-0.39, 0.29) is 11.9 Å². The summed E-state index contributed by atoms with van der Waals surface area (Å²) in [5.41, 5.74) is 2.83. The number of rotatable bonds is 6. The highest BCUT2D eigenvalue weighted by atomic mass is 16.5. The van der Waals surface area contributed by atoms with Crippen LogP contribution in [0.5, 0.6) is 5.88 Å². The molecule has 30 heavy (non-hydrogen) atoms. The number of carbonyl (C=O) groups is 1. The van der Waals surface area contributed by atoms with Crippen LogP contribution in [0.4, 0.5) is 0 Å². The minimum atomic E-state index is -0.533. The van der Waals surface area contributed by atoms with Crippen LogP contribution in [0.25, 0.3) is 0 Å². The third kappa shape index (κ3) is 3.95. The second-order valence-corrected chi connectivity index (χ2v) is 8.13. The number of ether oxygens (including phenoxy) is 1. The standard InChI is InChI=1S/C26H28N2O2/c1-19(20-9-5-3-6-10-20)28-25(29)26(23-11-7-4-8-12-23)16-15-21(17-26)22-13-14-24(30-2)27-18-22/h3-14,18-19,21H,15-17H2,1-2H3,(H,28,29)/t19-,21+,26-/m1/s1. The highest BCUT2D eigenvalue weighted by molar-refractivity contribution is 5.89. The quantitative estimate of drug-likeness (QED) is 0.621. The first-order valence-electron chi connectivity index (χ1n) is 10.5. The summed E-state index contributed by atoms with van der Waals surface area (Å²) in [5.74, 6) is 1.01. The second-order valence-electron chi connectivity index (χ2n) is 8.13. The van der Waals surface area contributed by atoms with Crippen LogP contribution in [0.2, 0.25) is 0 Å². The lowest BCUT2D eigenvalue weighted by molar-refractivity contribution is -0.127. The molecular formula is C26H28N2O2. The van der Waals surface area contributed by atoms with Crippen molar-refractivity contribution in [3.8, 4) is 5.88 Å². The van der Waals surface area contributed by atoms with Crippen molar-refractivity contribution in [1.82, 2.24) is 10.3 Å². The fourth-order valence-corrected chi connectivity index (χ4v) is 4.60. The Bertz CT molecular complexity index is 973. The van der Waals surface area contributed by atoms with Crippen molar-refractivity contribution < 1.29 is 9.53 Å². The van der Waals surface area contributed by atoms with E-state index in [4.69, 9.17) is 4.74 Å². The zero-order valence-electron chi connectivity index (χ0n) is 17.5. The molecule has 1 saturated carbocycles. The van der Waals surface area contributed by atoms with Gasteiger partial charge in [-0.2, -0.15) is 0 Å². The van der Waals surface area contributed by atoms with Crippen LogP contribution >= 0.6 is 0 Å². The van der Waals surface area contributed by atoms with Crippen molar-refractivity contribution >= 4 is 5.91 Å². The summed E-state index contributed by atoms with van der Waals surface area (Å²) < 4.78 is 5.19. The highest BCUT2D eigenvalue weighted by Gasteiger charge is 2.47. The summed E-state index contributed by atoms with van der Waals surface area (Å²) in [6.07, 6.45) is 4.44. The predicted molar refractivity (Wildman–Crippen MR) is 119 cm³/mol. The molecule has 1 fully saturated rings. The van der Waals surface area contributed by atoms with Crippen LogP contribution < -0.4 is 10.1 Å². The maximum Gasteiger partial charge on any atom is 0.231 e. The van der Waals surface area contributed by atoms with Crippen molar-refractivity contribution in [2.75, 3.05) is 7.11 Å². The molecule has 1 aliphatic carbocycles. The number of methoxy groups -OCH3 is 1. The van der Waals surface area contributed by atoms with Gasteiger partial charge in [0.2, 0.25) is 11.8 Å². The fourth-order valence-electron chi connectivity index (χ4n) is 4.60. The molecule has 4 nitrogen and oxygen atoms in total. The molecule has 0 unspecified atom stereocenters. The van der Waals surface area contributed by atoms with Gasteiger partial charge in [0.25, 0.3) is 0 Å². The molecule has 1 aliphatic rings. The molecule has 0 radical (unpaired) electrons. The first-order valence-corrected chi connectivity index (χ1v) is 10.5. The topological polar surface area (TPSA) is 51.2 Å². The van der Waals surface area contributed by atoms with E-state index in [0.29, 0.717) is 11.8 Å². The normalized spacial score (nSPS) is 21.7. The van der Waals surface area contributed by atoms with Crippen LogP contribution in [-0.2, 0) is 10.2 Å². The number of hydrogen-bond acceptors (Lipinski definition) is 3. The van der Waals surface area contributed by atoms with Crippen molar-refractivity contribution in [2.45, 2.75) is 43.6 Å². The molecule has 1 heterocycles. The lowest BCUT2D eigenvalue weighted by Gasteiger charge is -2.31. The smallest absolute Gasteiger partial charge is 0.231 e. The molecular weight excluding hydrogens is 372 g/mol. The molecule has 2 aromatic carbocycles. The lowest BCUT2D eigenvalue weighted by atomic mass is 9.76. The molecule has 1 aromatic heterocycles. The van der Waals surface area contributed by atoms with Crippen LogP contribution in [0.15, 0.2) is 79.0 Å². The third-order valence-electron chi connectivity index (χ3n) is 6.36. The monoisotopic (exact) mass is 400 g/mol. The number of nitrogens with one attached hydrogen (secondary N) is 1. The van der Waals surface area contributed by atoms with Crippen LogP contribution in [0.1, 0.15) is 54.8 Å². The molecule has 154 valence electrons. The van der Waals surface area contributed by atoms with Gasteiger partial charge in [0.05, 0.1) is 18.6 Å². The van der Waals surface area contributed by atoms with Crippen LogP contribution in [0, 0.1) is 0 Å². The number of aromatic nitrogens is 1. The van der Waals surface area contributed by atoms with Gasteiger partial charge in [0, 0.05) is 12.3 Å². The Balaban J connectivity index is 1.61. The zero-order chi connectivity index (χ0) is 21.0. The molecule has 3 atom stereocenters. The summed E-state index contributed by atoms with van der Waals surface area (Å²) in [6, 6.07) is 24.3. The van der Waals surface area contributed by atoms with E-state index in [0.717, 1.165) is 36.0 Å². The van der Waals surface area contributed by atoms with Gasteiger partial charge in [0.1, 0.15) is 0 Å². The third-order valence-corrected chi connectivity index (χ3v) is 6.36. The van der Waals surface area contributed by atoms with Gasteiger partial charge in [-0.3, -0.25) is 4.79 Å². The van der Waals surface area contributed by atoms with Gasteiger partial charge in [-0.25, -0.2) is 4.98 Å². The minimum absolute atomic E-state index is 0.0407. The van der Waals surface area contributed by atoms with Crippen molar-refractivity contribution in [1.29, 1.82) is 0 Å². The van der Waals surface area contributed by atoms with Gasteiger partial charge < -0.3 is 10.1 Å². The van der Waals surface area contributed by atoms with E-state index < -0.39 is 5.41 Å². The maximum atomic E-state index is 13.7. The lowest BCUT2D eigenvalue weighted by Crippen LogP contribution is -2.43. The molecule has 3 aromatic rings. The number of pyridine rings is 1. The second kappa shape index (κ2) is 8.70. The number of amides is 1. The number of hydrogen-bond donors (Lipinski definition) is 1. The van der Waals surface area contributed by atoms with Gasteiger partial charge in [0.15, 0.2) is 0 Å². The molecule has 4 heteroatoms. The Kier molecular flexibility index (Phi) is 5.84. The first-order chi connectivity index (χ1) is 14.6. The van der Waals surface area contributed by atoms with E-state index in [2.05, 4.69) is 40.6 Å². The van der Waals surface area contributed by atoms with Gasteiger partial charge in [-0.15, -0.1) is 0 Å². The summed E-state index contributed by atoms with van der Waals surface area (Å²) in [6.45, 7) is 2.05. The molecule has 0 bridgehead atoms. The van der Waals surface area contributed by atoms with Crippen LogP contribution in [-0.4, -0.2) is 18.0 Å². The van der Waals surface area contributed by atoms with E-state index >= 15 is 0 Å². The zero-order valence-corrected chi connectivity index (χ0v) is 17.5. The van der Waals surface area contributed by atoms with E-state index in [1.54, 1.807) is 7.11 Å². The van der Waals surface area contributed by atoms with E-state index in [1.807, 2.05) is 55.6 Å². The van der Waals surface area contributed by atoms with Crippen LogP contribution in [0.3, 0.4) is 0 Å². The Hall–Kier alpha value is -3.14. The molecule has 0 saturated heterocycles. The maximum absolute atomic E-state index is 13.7. The number of benzene rings is 2. The molecule has 1 amide bonds. The minimum Gasteiger partial charge on any atom is -0.481 e. The molecule has 0 aliphatic heterocycles. The predicted octanol–water partition coefficient (Wildman–Crippen LogP) is 5.17. The van der Waals surface area contributed by atoms with Crippen molar-refractivity contribution in [3.05, 3.63) is 95.7 Å². The average molecular weight is 401 g/mol. The summed E-state index contributed by atoms with van der Waals surface area (Å²) in [5, 5.41) is 3.29. The number of carbonyl (C=O) groups excluding carboxylic acids is 1. The van der Waals surface area contributed by atoms with Gasteiger partial charge >= 0.3 is 0 Å². The Morgan fingerprint density at radius 3 is 2.40 bits per heavy atom. The van der Waals surface area contributed by atoms with Gasteiger partial charge in [-0.1, -0.05) is 66.7 Å². The summed E-state index contributed by atoms with van der Waals surface area (Å²) in [7, 11) is 1.62. The average Bonchev–Trinajstić information content (AvgIpc) is 3.27.